The van der Waals surface area contributed by atoms with Crippen LogP contribution in [0.15, 0.2) is 0 Å². The Morgan fingerprint density at radius 3 is 2.38 bits per heavy atom. The van der Waals surface area contributed by atoms with Crippen LogP contribution in [-0.2, 0) is 14.6 Å². The van der Waals surface area contributed by atoms with E-state index in [1.165, 1.54) is 0 Å². The number of amides is 3. The highest BCUT2D eigenvalue weighted by Gasteiger charge is 2.33. The largest absolute Gasteiger partial charge is 0.351 e. The van der Waals surface area contributed by atoms with Crippen molar-refractivity contribution in [2.45, 2.75) is 6.42 Å². The van der Waals surface area contributed by atoms with Gasteiger partial charge in [-0.1, -0.05) is 0 Å². The molecule has 0 saturated carbocycles. The summed E-state index contributed by atoms with van der Waals surface area (Å²) >= 11 is 0. The van der Waals surface area contributed by atoms with Gasteiger partial charge in [-0.15, -0.1) is 0 Å². The number of nitrogens with one attached hydrogen (secondary N) is 1. The third kappa shape index (κ3) is 2.69. The van der Waals surface area contributed by atoms with E-state index in [1.807, 2.05) is 5.32 Å². The Hall–Kier alpha value is -1.11. The van der Waals surface area contributed by atoms with E-state index in [0.29, 0.717) is 0 Å². The predicted molar refractivity (Wildman–Crippen MR) is 44.5 cm³/mol. The van der Waals surface area contributed by atoms with Crippen LogP contribution in [0.4, 0.5) is 4.79 Å². The summed E-state index contributed by atoms with van der Waals surface area (Å²) in [6.45, 7) is 0. The Bertz CT molecular complexity index is 335. The molecule has 1 fully saturated rings. The number of nitrogens with two attached hydrogens (primary N) is 1. The molecule has 1 rings (SSSR count). The number of rotatable bonds is 1. The molecular weight excluding hydrogens is 196 g/mol. The molecule has 3 N–H and O–H groups in total. The van der Waals surface area contributed by atoms with Gasteiger partial charge in [0.2, 0.25) is 5.91 Å². The lowest BCUT2D eigenvalue weighted by atomic mass is 10.1. The van der Waals surface area contributed by atoms with Crippen molar-refractivity contribution in [2.24, 2.45) is 11.7 Å². The number of imide groups is 1. The maximum atomic E-state index is 11.1. The van der Waals surface area contributed by atoms with Crippen LogP contribution in [0, 0.1) is 5.92 Å². The van der Waals surface area contributed by atoms with Gasteiger partial charge in [0.05, 0.1) is 17.4 Å². The molecule has 1 aliphatic heterocycles. The van der Waals surface area contributed by atoms with Gasteiger partial charge in [-0.3, -0.25) is 10.1 Å². The molecule has 1 heterocycles. The van der Waals surface area contributed by atoms with Gasteiger partial charge in [0.15, 0.2) is 9.84 Å². The standard InChI is InChI=1S/C6H10N2O4S/c7-6(10)8-5(9)4-1-2-13(11,12)3-4/h4H,1-3H2,(H3,7,8,9,10). The van der Waals surface area contributed by atoms with Gasteiger partial charge < -0.3 is 5.73 Å². The van der Waals surface area contributed by atoms with Crippen LogP contribution in [0.5, 0.6) is 0 Å². The van der Waals surface area contributed by atoms with Gasteiger partial charge >= 0.3 is 6.03 Å². The van der Waals surface area contributed by atoms with Crippen LogP contribution in [0.1, 0.15) is 6.42 Å². The SMILES string of the molecule is NC(=O)NC(=O)C1CCS(=O)(=O)C1. The first-order chi connectivity index (χ1) is 5.91. The Kier molecular flexibility index (Phi) is 2.55. The number of carbonyl (C=O) groups excluding carboxylic acids is 2. The summed E-state index contributed by atoms with van der Waals surface area (Å²) in [5.74, 6) is -1.42. The first kappa shape index (κ1) is 9.97. The molecule has 1 aliphatic rings. The lowest BCUT2D eigenvalue weighted by molar-refractivity contribution is -0.123. The maximum absolute atomic E-state index is 11.1. The zero-order chi connectivity index (χ0) is 10.1. The van der Waals surface area contributed by atoms with E-state index in [4.69, 9.17) is 5.73 Å². The lowest BCUT2D eigenvalue weighted by Crippen LogP contribution is -2.39. The summed E-state index contributed by atoms with van der Waals surface area (Å²) < 4.78 is 21.9. The smallest absolute Gasteiger partial charge is 0.318 e. The van der Waals surface area contributed by atoms with Crippen molar-refractivity contribution in [3.63, 3.8) is 0 Å². The van der Waals surface area contributed by atoms with Crippen molar-refractivity contribution >= 4 is 21.8 Å². The summed E-state index contributed by atoms with van der Waals surface area (Å²) in [6.07, 6.45) is 0.265. The normalized spacial score (nSPS) is 25.4. The molecule has 0 radical (unpaired) electrons. The summed E-state index contributed by atoms with van der Waals surface area (Å²) in [5.41, 5.74) is 4.71. The van der Waals surface area contributed by atoms with Crippen molar-refractivity contribution < 1.29 is 18.0 Å². The molecule has 1 unspecified atom stereocenters. The fourth-order valence-corrected chi connectivity index (χ4v) is 2.97. The predicted octanol–water partition coefficient (Wildman–Crippen LogP) is -1.38. The second kappa shape index (κ2) is 3.33. The van der Waals surface area contributed by atoms with Gasteiger partial charge in [-0.05, 0) is 6.42 Å². The van der Waals surface area contributed by atoms with E-state index < -0.39 is 27.7 Å². The van der Waals surface area contributed by atoms with E-state index in [9.17, 15) is 18.0 Å². The lowest BCUT2D eigenvalue weighted by Gasteiger charge is -2.04. The average Bonchev–Trinajstić information content (AvgIpc) is 2.28. The number of primary amides is 1. The highest BCUT2D eigenvalue weighted by molar-refractivity contribution is 7.91. The summed E-state index contributed by atoms with van der Waals surface area (Å²) in [6, 6.07) is -0.950. The van der Waals surface area contributed by atoms with Gasteiger partial charge in [0, 0.05) is 0 Å². The van der Waals surface area contributed by atoms with Crippen molar-refractivity contribution in [2.75, 3.05) is 11.5 Å². The highest BCUT2D eigenvalue weighted by atomic mass is 32.2. The molecule has 74 valence electrons. The van der Waals surface area contributed by atoms with Crippen LogP contribution < -0.4 is 11.1 Å². The van der Waals surface area contributed by atoms with Crippen molar-refractivity contribution in [1.29, 1.82) is 0 Å². The number of hydrogen-bond acceptors (Lipinski definition) is 4. The van der Waals surface area contributed by atoms with Crippen LogP contribution in [0.25, 0.3) is 0 Å². The van der Waals surface area contributed by atoms with Gasteiger partial charge in [0.1, 0.15) is 0 Å². The number of urea groups is 1. The quantitative estimate of drug-likeness (QED) is 0.551. The topological polar surface area (TPSA) is 106 Å². The first-order valence-corrected chi connectivity index (χ1v) is 5.53. The third-order valence-electron chi connectivity index (χ3n) is 1.85. The molecule has 0 aromatic heterocycles. The summed E-state index contributed by atoms with van der Waals surface area (Å²) in [7, 11) is -3.09. The van der Waals surface area contributed by atoms with E-state index in [0.717, 1.165) is 0 Å². The van der Waals surface area contributed by atoms with Gasteiger partial charge in [-0.25, -0.2) is 13.2 Å². The molecule has 13 heavy (non-hydrogen) atoms. The maximum Gasteiger partial charge on any atom is 0.318 e. The van der Waals surface area contributed by atoms with Crippen molar-refractivity contribution in [1.82, 2.24) is 5.32 Å². The number of sulfone groups is 1. The first-order valence-electron chi connectivity index (χ1n) is 3.71. The number of hydrogen-bond donors (Lipinski definition) is 2. The zero-order valence-electron chi connectivity index (χ0n) is 6.82. The Morgan fingerprint density at radius 1 is 1.38 bits per heavy atom. The van der Waals surface area contributed by atoms with E-state index >= 15 is 0 Å². The van der Waals surface area contributed by atoms with Crippen molar-refractivity contribution in [3.05, 3.63) is 0 Å². The van der Waals surface area contributed by atoms with Crippen LogP contribution in [0.2, 0.25) is 0 Å². The van der Waals surface area contributed by atoms with Gasteiger partial charge in [0.25, 0.3) is 0 Å². The molecule has 0 aromatic carbocycles. The van der Waals surface area contributed by atoms with Crippen molar-refractivity contribution in [3.8, 4) is 0 Å². The Balaban J connectivity index is 2.57. The van der Waals surface area contributed by atoms with Gasteiger partial charge in [-0.2, -0.15) is 0 Å². The molecule has 1 saturated heterocycles. The third-order valence-corrected chi connectivity index (χ3v) is 3.62. The zero-order valence-corrected chi connectivity index (χ0v) is 7.63. The molecule has 0 spiro atoms. The molecular formula is C6H10N2O4S. The van der Waals surface area contributed by atoms with E-state index in [-0.39, 0.29) is 17.9 Å². The Morgan fingerprint density at radius 2 is 2.00 bits per heavy atom. The van der Waals surface area contributed by atoms with E-state index in [1.54, 1.807) is 0 Å². The molecule has 0 aromatic rings. The monoisotopic (exact) mass is 206 g/mol. The van der Waals surface area contributed by atoms with Crippen LogP contribution in [-0.4, -0.2) is 31.9 Å². The number of carbonyl (C=O) groups is 2. The molecule has 6 nitrogen and oxygen atoms in total. The molecule has 7 heteroatoms. The second-order valence-corrected chi connectivity index (χ2v) is 5.18. The summed E-state index contributed by atoms with van der Waals surface area (Å²) in [4.78, 5) is 21.3. The molecule has 1 atom stereocenters. The van der Waals surface area contributed by atoms with Crippen LogP contribution in [0.3, 0.4) is 0 Å². The molecule has 0 aliphatic carbocycles. The highest BCUT2D eigenvalue weighted by Crippen LogP contribution is 2.17. The second-order valence-electron chi connectivity index (χ2n) is 2.95. The summed E-state index contributed by atoms with van der Waals surface area (Å²) in [5, 5.41) is 1.86. The fraction of sp³-hybridized carbons (Fsp3) is 0.667. The van der Waals surface area contributed by atoms with E-state index in [2.05, 4.69) is 0 Å². The van der Waals surface area contributed by atoms with Crippen LogP contribution >= 0.6 is 0 Å². The Labute approximate surface area is 75.4 Å². The molecule has 0 bridgehead atoms. The minimum atomic E-state index is -3.09. The minimum absolute atomic E-state index is 0.00382. The molecule has 3 amide bonds. The average molecular weight is 206 g/mol. The fourth-order valence-electron chi connectivity index (χ4n) is 1.23. The minimum Gasteiger partial charge on any atom is -0.351 e.